The molecular weight excluding hydrogens is 301 g/mol. The Bertz CT molecular complexity index is 662. The predicted molar refractivity (Wildman–Crippen MR) is 77.7 cm³/mol. The summed E-state index contributed by atoms with van der Waals surface area (Å²) >= 11 is 11.7. The number of aromatic nitrogens is 2. The van der Waals surface area contributed by atoms with Crippen LogP contribution in [0.2, 0.25) is 10.2 Å². The molecule has 0 aliphatic carbocycles. The number of hydrogen-bond acceptors (Lipinski definition) is 4. The Morgan fingerprint density at radius 1 is 1.25 bits per heavy atom. The number of halogens is 2. The largest absolute Gasteiger partial charge is 0.481 e. The Balaban J connectivity index is 2.25. The molecule has 104 valence electrons. The van der Waals surface area contributed by atoms with Crippen molar-refractivity contribution in [2.75, 3.05) is 12.4 Å². The summed E-state index contributed by atoms with van der Waals surface area (Å²) < 4.78 is 4.96. The van der Waals surface area contributed by atoms with E-state index in [-0.39, 0.29) is 22.9 Å². The molecule has 0 unspecified atom stereocenters. The maximum absolute atomic E-state index is 12.1. The van der Waals surface area contributed by atoms with Crippen molar-refractivity contribution in [3.63, 3.8) is 0 Å². The number of amides is 1. The lowest BCUT2D eigenvalue weighted by Gasteiger charge is -2.08. The highest BCUT2D eigenvalue weighted by Crippen LogP contribution is 2.18. The van der Waals surface area contributed by atoms with E-state index in [0.717, 1.165) is 5.56 Å². The molecule has 1 heterocycles. The van der Waals surface area contributed by atoms with E-state index in [9.17, 15) is 4.79 Å². The van der Waals surface area contributed by atoms with E-state index in [1.165, 1.54) is 13.2 Å². The molecule has 1 aromatic heterocycles. The lowest BCUT2D eigenvalue weighted by atomic mass is 10.1. The molecule has 5 nitrogen and oxygen atoms in total. The molecule has 0 aliphatic heterocycles. The van der Waals surface area contributed by atoms with Crippen LogP contribution in [-0.4, -0.2) is 23.0 Å². The normalized spacial score (nSPS) is 10.2. The molecule has 1 N–H and O–H groups in total. The van der Waals surface area contributed by atoms with E-state index in [0.29, 0.717) is 10.6 Å². The Labute approximate surface area is 125 Å². The molecule has 2 aromatic rings. The van der Waals surface area contributed by atoms with E-state index in [1.54, 1.807) is 25.1 Å². The van der Waals surface area contributed by atoms with Gasteiger partial charge in [-0.1, -0.05) is 23.2 Å². The highest BCUT2D eigenvalue weighted by molar-refractivity contribution is 6.31. The SMILES string of the molecule is COc1cc(Cl)nc(NC(=O)c2ccc(Cl)cc2C)n1. The number of rotatable bonds is 3. The summed E-state index contributed by atoms with van der Waals surface area (Å²) in [6.07, 6.45) is 0. The van der Waals surface area contributed by atoms with Crippen molar-refractivity contribution in [2.24, 2.45) is 0 Å². The highest BCUT2D eigenvalue weighted by Gasteiger charge is 2.12. The number of nitrogens with zero attached hydrogens (tertiary/aromatic N) is 2. The van der Waals surface area contributed by atoms with Gasteiger partial charge in [-0.2, -0.15) is 4.98 Å². The molecule has 0 radical (unpaired) electrons. The zero-order valence-electron chi connectivity index (χ0n) is 10.8. The van der Waals surface area contributed by atoms with Crippen LogP contribution in [-0.2, 0) is 0 Å². The first-order valence-electron chi connectivity index (χ1n) is 5.65. The summed E-state index contributed by atoms with van der Waals surface area (Å²) in [6.45, 7) is 1.79. The van der Waals surface area contributed by atoms with E-state index in [4.69, 9.17) is 27.9 Å². The number of benzene rings is 1. The highest BCUT2D eigenvalue weighted by atomic mass is 35.5. The fourth-order valence-corrected chi connectivity index (χ4v) is 2.01. The lowest BCUT2D eigenvalue weighted by molar-refractivity contribution is 0.102. The van der Waals surface area contributed by atoms with Crippen LogP contribution in [0, 0.1) is 6.92 Å². The molecule has 0 saturated heterocycles. The second-order valence-corrected chi connectivity index (χ2v) is 4.79. The van der Waals surface area contributed by atoms with Crippen molar-refractivity contribution >= 4 is 35.1 Å². The maximum atomic E-state index is 12.1. The van der Waals surface area contributed by atoms with Gasteiger partial charge in [-0.15, -0.1) is 0 Å². The summed E-state index contributed by atoms with van der Waals surface area (Å²) in [4.78, 5) is 20.0. The number of hydrogen-bond donors (Lipinski definition) is 1. The Kier molecular flexibility index (Phi) is 4.42. The van der Waals surface area contributed by atoms with Crippen LogP contribution in [0.3, 0.4) is 0 Å². The van der Waals surface area contributed by atoms with E-state index >= 15 is 0 Å². The Morgan fingerprint density at radius 3 is 2.65 bits per heavy atom. The molecule has 0 fully saturated rings. The Hall–Kier alpha value is -1.85. The fourth-order valence-electron chi connectivity index (χ4n) is 1.61. The maximum Gasteiger partial charge on any atom is 0.258 e. The molecule has 0 aliphatic rings. The van der Waals surface area contributed by atoms with Gasteiger partial charge in [-0.25, -0.2) is 4.98 Å². The minimum atomic E-state index is -0.344. The van der Waals surface area contributed by atoms with Crippen LogP contribution in [0.15, 0.2) is 24.3 Å². The van der Waals surface area contributed by atoms with Gasteiger partial charge in [-0.3, -0.25) is 10.1 Å². The van der Waals surface area contributed by atoms with Crippen molar-refractivity contribution in [3.8, 4) is 5.88 Å². The molecule has 0 spiro atoms. The summed E-state index contributed by atoms with van der Waals surface area (Å²) in [7, 11) is 1.45. The van der Waals surface area contributed by atoms with Gasteiger partial charge >= 0.3 is 0 Å². The van der Waals surface area contributed by atoms with Gasteiger partial charge in [-0.05, 0) is 30.7 Å². The topological polar surface area (TPSA) is 64.1 Å². The van der Waals surface area contributed by atoms with Gasteiger partial charge < -0.3 is 4.74 Å². The van der Waals surface area contributed by atoms with Crippen LogP contribution in [0.4, 0.5) is 5.95 Å². The third kappa shape index (κ3) is 3.37. The second kappa shape index (κ2) is 6.07. The Morgan fingerprint density at radius 2 is 2.00 bits per heavy atom. The number of ether oxygens (including phenoxy) is 1. The minimum Gasteiger partial charge on any atom is -0.481 e. The van der Waals surface area contributed by atoms with E-state index in [1.807, 2.05) is 0 Å². The number of carbonyl (C=O) groups excluding carboxylic acids is 1. The number of aryl methyl sites for hydroxylation is 1. The molecule has 1 amide bonds. The predicted octanol–water partition coefficient (Wildman–Crippen LogP) is 3.35. The molecular formula is C13H11Cl2N3O2. The van der Waals surface area contributed by atoms with Crippen molar-refractivity contribution in [3.05, 3.63) is 45.6 Å². The van der Waals surface area contributed by atoms with Crippen molar-refractivity contribution < 1.29 is 9.53 Å². The van der Waals surface area contributed by atoms with Crippen LogP contribution in [0.1, 0.15) is 15.9 Å². The van der Waals surface area contributed by atoms with Gasteiger partial charge in [0.05, 0.1) is 7.11 Å². The van der Waals surface area contributed by atoms with Crippen LogP contribution >= 0.6 is 23.2 Å². The first-order chi connectivity index (χ1) is 9.49. The monoisotopic (exact) mass is 311 g/mol. The number of anilines is 1. The molecule has 0 atom stereocenters. The smallest absolute Gasteiger partial charge is 0.258 e. The quantitative estimate of drug-likeness (QED) is 0.883. The van der Waals surface area contributed by atoms with Gasteiger partial charge in [0.2, 0.25) is 11.8 Å². The fraction of sp³-hybridized carbons (Fsp3) is 0.154. The van der Waals surface area contributed by atoms with Gasteiger partial charge in [0.15, 0.2) is 0 Å². The second-order valence-electron chi connectivity index (χ2n) is 3.97. The summed E-state index contributed by atoms with van der Waals surface area (Å²) in [5.41, 5.74) is 1.24. The third-order valence-corrected chi connectivity index (χ3v) is 2.97. The first kappa shape index (κ1) is 14.6. The van der Waals surface area contributed by atoms with Crippen LogP contribution in [0.5, 0.6) is 5.88 Å². The van der Waals surface area contributed by atoms with Crippen molar-refractivity contribution in [1.29, 1.82) is 0 Å². The summed E-state index contributed by atoms with van der Waals surface area (Å²) in [5.74, 6) is 0.00492. The van der Waals surface area contributed by atoms with Crippen LogP contribution in [0.25, 0.3) is 0 Å². The van der Waals surface area contributed by atoms with E-state index < -0.39 is 0 Å². The van der Waals surface area contributed by atoms with Gasteiger partial charge in [0.1, 0.15) is 5.15 Å². The van der Waals surface area contributed by atoms with Crippen molar-refractivity contribution in [2.45, 2.75) is 6.92 Å². The summed E-state index contributed by atoms with van der Waals surface area (Å²) in [6, 6.07) is 6.43. The molecule has 0 bridgehead atoms. The molecule has 7 heteroatoms. The molecule has 0 saturated carbocycles. The molecule has 2 rings (SSSR count). The average Bonchev–Trinajstić information content (AvgIpc) is 2.37. The zero-order chi connectivity index (χ0) is 14.7. The van der Waals surface area contributed by atoms with Crippen LogP contribution < -0.4 is 10.1 Å². The van der Waals surface area contributed by atoms with Gasteiger partial charge in [0, 0.05) is 16.7 Å². The zero-order valence-corrected chi connectivity index (χ0v) is 12.3. The standard InChI is InChI=1S/C13H11Cl2N3O2/c1-7-5-8(14)3-4-9(7)12(19)18-13-16-10(15)6-11(17-13)20-2/h3-6H,1-2H3,(H,16,17,18,19). The minimum absolute atomic E-state index is 0.0775. The van der Waals surface area contributed by atoms with Crippen molar-refractivity contribution in [1.82, 2.24) is 9.97 Å². The molecule has 1 aromatic carbocycles. The number of carbonyl (C=O) groups is 1. The summed E-state index contributed by atoms with van der Waals surface area (Å²) in [5, 5.41) is 3.32. The third-order valence-electron chi connectivity index (χ3n) is 2.54. The lowest BCUT2D eigenvalue weighted by Crippen LogP contribution is -2.15. The number of methoxy groups -OCH3 is 1. The van der Waals surface area contributed by atoms with Gasteiger partial charge in [0.25, 0.3) is 5.91 Å². The first-order valence-corrected chi connectivity index (χ1v) is 6.41. The average molecular weight is 312 g/mol. The van der Waals surface area contributed by atoms with E-state index in [2.05, 4.69) is 15.3 Å². The number of nitrogens with one attached hydrogen (secondary N) is 1. The molecule has 20 heavy (non-hydrogen) atoms.